The van der Waals surface area contributed by atoms with E-state index in [0.29, 0.717) is 17.9 Å². The number of nitro benzene ring substituents is 1. The number of anilines is 1. The molecule has 2 aromatic carbocycles. The Balaban J connectivity index is 2.14. The molecule has 0 unspecified atom stereocenters. The largest absolute Gasteiger partial charge is 0.490 e. The molecule has 0 aliphatic carbocycles. The van der Waals surface area contributed by atoms with Gasteiger partial charge in [0.2, 0.25) is 0 Å². The fraction of sp³-hybridized carbons (Fsp3) is 0.0625. The van der Waals surface area contributed by atoms with Crippen molar-refractivity contribution in [2.45, 2.75) is 0 Å². The van der Waals surface area contributed by atoms with Crippen molar-refractivity contribution in [1.82, 2.24) is 0 Å². The fourth-order valence-corrected chi connectivity index (χ4v) is 1.94. The van der Waals surface area contributed by atoms with Gasteiger partial charge in [0.15, 0.2) is 0 Å². The van der Waals surface area contributed by atoms with Gasteiger partial charge in [-0.15, -0.1) is 0 Å². The second-order valence-corrected chi connectivity index (χ2v) is 4.91. The van der Waals surface area contributed by atoms with Gasteiger partial charge in [0.1, 0.15) is 12.4 Å². The summed E-state index contributed by atoms with van der Waals surface area (Å²) in [6, 6.07) is 10.3. The van der Waals surface area contributed by atoms with E-state index >= 15 is 0 Å². The minimum Gasteiger partial charge on any atom is -0.490 e. The molecule has 23 heavy (non-hydrogen) atoms. The molecule has 0 atom stereocenters. The highest BCUT2D eigenvalue weighted by atomic mass is 35.5. The lowest BCUT2D eigenvalue weighted by molar-refractivity contribution is -0.384. The molecule has 1 amide bonds. The highest BCUT2D eigenvalue weighted by molar-refractivity contribution is 6.34. The Hall–Kier alpha value is -2.86. The number of nitro groups is 1. The predicted molar refractivity (Wildman–Crippen MR) is 88.2 cm³/mol. The molecular weight excluding hydrogens is 320 g/mol. The molecule has 0 saturated carbocycles. The second-order valence-electron chi connectivity index (χ2n) is 4.50. The topological polar surface area (TPSA) is 81.5 Å². The van der Waals surface area contributed by atoms with E-state index in [2.05, 4.69) is 11.9 Å². The zero-order valence-electron chi connectivity index (χ0n) is 12.0. The Morgan fingerprint density at radius 3 is 2.61 bits per heavy atom. The molecule has 2 aromatic rings. The average Bonchev–Trinajstić information content (AvgIpc) is 2.55. The molecule has 0 radical (unpaired) electrons. The lowest BCUT2D eigenvalue weighted by atomic mass is 10.2. The smallest absolute Gasteiger partial charge is 0.271 e. The van der Waals surface area contributed by atoms with Crippen molar-refractivity contribution in [2.24, 2.45) is 0 Å². The maximum Gasteiger partial charge on any atom is 0.271 e. The molecule has 0 spiro atoms. The zero-order valence-corrected chi connectivity index (χ0v) is 12.7. The lowest BCUT2D eigenvalue weighted by Crippen LogP contribution is -2.12. The lowest BCUT2D eigenvalue weighted by Gasteiger charge is -2.08. The Kier molecular flexibility index (Phi) is 5.32. The quantitative estimate of drug-likeness (QED) is 0.491. The Labute approximate surface area is 137 Å². The van der Waals surface area contributed by atoms with Gasteiger partial charge in [-0.05, 0) is 30.3 Å². The minimum atomic E-state index is -0.558. The van der Waals surface area contributed by atoms with Gasteiger partial charge < -0.3 is 10.1 Å². The van der Waals surface area contributed by atoms with E-state index in [9.17, 15) is 14.9 Å². The number of non-ortho nitro benzene ring substituents is 1. The third-order valence-corrected chi connectivity index (χ3v) is 3.22. The van der Waals surface area contributed by atoms with Crippen molar-refractivity contribution in [3.8, 4) is 5.75 Å². The Morgan fingerprint density at radius 1 is 1.30 bits per heavy atom. The molecule has 0 aliphatic heterocycles. The summed E-state index contributed by atoms with van der Waals surface area (Å²) in [5, 5.41) is 13.5. The molecule has 0 aromatic heterocycles. The molecule has 1 N–H and O–H groups in total. The number of hydrogen-bond donors (Lipinski definition) is 1. The molecule has 0 heterocycles. The van der Waals surface area contributed by atoms with Gasteiger partial charge in [-0.3, -0.25) is 14.9 Å². The Morgan fingerprint density at radius 2 is 2.00 bits per heavy atom. The first-order valence-electron chi connectivity index (χ1n) is 6.60. The third-order valence-electron chi connectivity index (χ3n) is 2.89. The summed E-state index contributed by atoms with van der Waals surface area (Å²) in [6.07, 6.45) is 1.62. The van der Waals surface area contributed by atoms with Crippen molar-refractivity contribution in [1.29, 1.82) is 0 Å². The maximum absolute atomic E-state index is 12.2. The average molecular weight is 333 g/mol. The minimum absolute atomic E-state index is 0.155. The number of halogens is 1. The number of hydrogen-bond acceptors (Lipinski definition) is 4. The number of nitrogens with one attached hydrogen (secondary N) is 1. The summed E-state index contributed by atoms with van der Waals surface area (Å²) in [6.45, 7) is 3.92. The van der Waals surface area contributed by atoms with E-state index < -0.39 is 10.8 Å². The number of amides is 1. The van der Waals surface area contributed by atoms with Crippen LogP contribution in [0.3, 0.4) is 0 Å². The van der Waals surface area contributed by atoms with Crippen molar-refractivity contribution in [3.63, 3.8) is 0 Å². The first-order chi connectivity index (χ1) is 11.0. The van der Waals surface area contributed by atoms with Gasteiger partial charge in [0.05, 0.1) is 15.6 Å². The number of benzene rings is 2. The van der Waals surface area contributed by atoms with Gasteiger partial charge in [0.25, 0.3) is 11.6 Å². The van der Waals surface area contributed by atoms with E-state index in [1.54, 1.807) is 30.3 Å². The third kappa shape index (κ3) is 4.31. The summed E-state index contributed by atoms with van der Waals surface area (Å²) in [4.78, 5) is 22.4. The van der Waals surface area contributed by atoms with Gasteiger partial charge >= 0.3 is 0 Å². The van der Waals surface area contributed by atoms with E-state index in [-0.39, 0.29) is 16.4 Å². The van der Waals surface area contributed by atoms with Crippen molar-refractivity contribution >= 4 is 28.9 Å². The van der Waals surface area contributed by atoms with Crippen molar-refractivity contribution in [3.05, 3.63) is 75.8 Å². The van der Waals surface area contributed by atoms with Crippen LogP contribution in [0.2, 0.25) is 5.02 Å². The van der Waals surface area contributed by atoms with Crippen molar-refractivity contribution < 1.29 is 14.5 Å². The molecule has 0 fully saturated rings. The van der Waals surface area contributed by atoms with Gasteiger partial charge in [-0.1, -0.05) is 24.3 Å². The summed E-state index contributed by atoms with van der Waals surface area (Å²) in [5.74, 6) is 0.178. The highest BCUT2D eigenvalue weighted by Crippen LogP contribution is 2.27. The van der Waals surface area contributed by atoms with Crippen LogP contribution in [0, 0.1) is 10.1 Å². The van der Waals surface area contributed by atoms with E-state index in [0.717, 1.165) is 0 Å². The van der Waals surface area contributed by atoms with Crippen LogP contribution >= 0.6 is 11.6 Å². The molecule has 118 valence electrons. The van der Waals surface area contributed by atoms with Crippen molar-refractivity contribution in [2.75, 3.05) is 11.9 Å². The van der Waals surface area contributed by atoms with Gasteiger partial charge in [0, 0.05) is 17.7 Å². The van der Waals surface area contributed by atoms with Crippen LogP contribution in [0.5, 0.6) is 5.75 Å². The van der Waals surface area contributed by atoms with Crippen LogP contribution in [0.4, 0.5) is 11.4 Å². The van der Waals surface area contributed by atoms with Gasteiger partial charge in [-0.2, -0.15) is 0 Å². The molecule has 6 nitrogen and oxygen atoms in total. The van der Waals surface area contributed by atoms with Crippen LogP contribution in [0.15, 0.2) is 55.1 Å². The summed E-state index contributed by atoms with van der Waals surface area (Å²) in [7, 11) is 0. The number of carbonyl (C=O) groups is 1. The molecule has 0 aliphatic rings. The van der Waals surface area contributed by atoms with Crippen LogP contribution in [-0.4, -0.2) is 17.4 Å². The SMILES string of the molecule is C=CCOc1ccc(C(=O)Nc2cc([N+](=O)[O-])ccc2Cl)cc1. The van der Waals surface area contributed by atoms with Crippen LogP contribution < -0.4 is 10.1 Å². The first-order valence-corrected chi connectivity index (χ1v) is 6.98. The summed E-state index contributed by atoms with van der Waals surface area (Å²) >= 11 is 5.95. The fourth-order valence-electron chi connectivity index (χ4n) is 1.77. The molecule has 0 saturated heterocycles. The summed E-state index contributed by atoms with van der Waals surface area (Å²) in [5.41, 5.74) is 0.397. The predicted octanol–water partition coefficient (Wildman–Crippen LogP) is 4.07. The molecule has 2 rings (SSSR count). The number of carbonyl (C=O) groups excluding carboxylic acids is 1. The highest BCUT2D eigenvalue weighted by Gasteiger charge is 2.13. The number of ether oxygens (including phenoxy) is 1. The standard InChI is InChI=1S/C16H13ClN2O4/c1-2-9-23-13-6-3-11(4-7-13)16(20)18-15-10-12(19(21)22)5-8-14(15)17/h2-8,10H,1,9H2,(H,18,20). The van der Waals surface area contributed by atoms with Gasteiger partial charge in [-0.25, -0.2) is 0 Å². The number of nitrogens with zero attached hydrogens (tertiary/aromatic N) is 1. The first kappa shape index (κ1) is 16.5. The molecule has 7 heteroatoms. The maximum atomic E-state index is 12.2. The van der Waals surface area contributed by atoms with E-state index in [1.165, 1.54) is 18.2 Å². The van der Waals surface area contributed by atoms with Crippen LogP contribution in [-0.2, 0) is 0 Å². The monoisotopic (exact) mass is 332 g/mol. The number of rotatable bonds is 6. The molecular formula is C16H13ClN2O4. The van der Waals surface area contributed by atoms with Crippen LogP contribution in [0.1, 0.15) is 10.4 Å². The van der Waals surface area contributed by atoms with Crippen LogP contribution in [0.25, 0.3) is 0 Å². The van der Waals surface area contributed by atoms with E-state index in [4.69, 9.17) is 16.3 Å². The zero-order chi connectivity index (χ0) is 16.8. The second kappa shape index (κ2) is 7.42. The molecule has 0 bridgehead atoms. The Bertz CT molecular complexity index is 744. The normalized spacial score (nSPS) is 9.96. The summed E-state index contributed by atoms with van der Waals surface area (Å²) < 4.78 is 5.32. The van der Waals surface area contributed by atoms with E-state index in [1.807, 2.05) is 0 Å².